The van der Waals surface area contributed by atoms with Gasteiger partial charge in [0.1, 0.15) is 18.8 Å². The van der Waals surface area contributed by atoms with Crippen molar-refractivity contribution in [2.45, 2.75) is 45.8 Å². The number of anilines is 1. The number of hydrogen-bond acceptors (Lipinski definition) is 7. The maximum Gasteiger partial charge on any atom is 0.409 e. The van der Waals surface area contributed by atoms with Gasteiger partial charge >= 0.3 is 18.0 Å². The number of rotatable bonds is 8. The topological polar surface area (TPSA) is 106 Å². The lowest BCUT2D eigenvalue weighted by molar-refractivity contribution is -0.160. The maximum atomic E-state index is 13.1. The first-order valence-corrected chi connectivity index (χ1v) is 14.5. The Hall–Kier alpha value is -4.37. The van der Waals surface area contributed by atoms with Gasteiger partial charge in [-0.2, -0.15) is 0 Å². The average molecular weight is 587 g/mol. The Labute approximate surface area is 252 Å². The fraction of sp³-hybridized carbons (Fsp3) is 0.382. The van der Waals surface area contributed by atoms with Crippen molar-refractivity contribution in [3.05, 3.63) is 88.5 Å². The number of aromatic carboxylic acids is 1. The van der Waals surface area contributed by atoms with Gasteiger partial charge in [0.25, 0.3) is 0 Å². The Balaban J connectivity index is 1.19. The van der Waals surface area contributed by atoms with E-state index in [1.165, 1.54) is 22.3 Å². The van der Waals surface area contributed by atoms with E-state index in [2.05, 4.69) is 29.2 Å². The molecule has 43 heavy (non-hydrogen) atoms. The Kier molecular flexibility index (Phi) is 8.73. The van der Waals surface area contributed by atoms with Crippen LogP contribution in [0.3, 0.4) is 0 Å². The van der Waals surface area contributed by atoms with E-state index in [9.17, 15) is 19.5 Å². The molecule has 5 rings (SSSR count). The van der Waals surface area contributed by atoms with E-state index in [1.807, 2.05) is 30.3 Å². The zero-order chi connectivity index (χ0) is 30.7. The average Bonchev–Trinajstić information content (AvgIpc) is 3.29. The summed E-state index contributed by atoms with van der Waals surface area (Å²) < 4.78 is 16.7. The summed E-state index contributed by atoms with van der Waals surface area (Å²) >= 11 is 0. The van der Waals surface area contributed by atoms with Crippen LogP contribution in [0.15, 0.2) is 60.7 Å². The summed E-state index contributed by atoms with van der Waals surface area (Å²) in [5, 5.41) is 9.84. The SMILES string of the molecule is Cc1c(COCC(=O)OC(C)(C)C)cc(N2CCN(C(=O)OCC3c4ccccc4-c4ccccc43)CC2)cc1C(=O)O. The predicted octanol–water partition coefficient (Wildman–Crippen LogP) is 5.62. The molecule has 3 aromatic rings. The first-order valence-electron chi connectivity index (χ1n) is 14.5. The summed E-state index contributed by atoms with van der Waals surface area (Å²) in [6.45, 7) is 9.10. The second-order valence-electron chi connectivity index (χ2n) is 11.9. The molecule has 0 unspecified atom stereocenters. The molecule has 2 aliphatic rings. The molecule has 1 aliphatic heterocycles. The van der Waals surface area contributed by atoms with E-state index in [0.717, 1.165) is 5.69 Å². The number of carbonyl (C=O) groups excluding carboxylic acids is 2. The third-order valence-electron chi connectivity index (χ3n) is 7.87. The summed E-state index contributed by atoms with van der Waals surface area (Å²) in [6, 6.07) is 20.0. The number of fused-ring (bicyclic) bond motifs is 3. The monoisotopic (exact) mass is 586 g/mol. The minimum atomic E-state index is -1.04. The van der Waals surface area contributed by atoms with E-state index in [1.54, 1.807) is 38.7 Å². The molecule has 0 aromatic heterocycles. The second kappa shape index (κ2) is 12.5. The third-order valence-corrected chi connectivity index (χ3v) is 7.87. The Morgan fingerprint density at radius 1 is 0.907 bits per heavy atom. The predicted molar refractivity (Wildman–Crippen MR) is 162 cm³/mol. The van der Waals surface area contributed by atoms with Crippen molar-refractivity contribution in [2.24, 2.45) is 0 Å². The lowest BCUT2D eigenvalue weighted by Gasteiger charge is -2.36. The number of ether oxygens (including phenoxy) is 3. The first kappa shape index (κ1) is 30.1. The molecule has 1 amide bonds. The highest BCUT2D eigenvalue weighted by molar-refractivity contribution is 5.91. The number of carbonyl (C=O) groups is 3. The minimum absolute atomic E-state index is 0.00408. The highest BCUT2D eigenvalue weighted by atomic mass is 16.6. The molecule has 9 heteroatoms. The summed E-state index contributed by atoms with van der Waals surface area (Å²) in [5.41, 5.74) is 6.24. The van der Waals surface area contributed by atoms with Crippen molar-refractivity contribution in [2.75, 3.05) is 44.3 Å². The largest absolute Gasteiger partial charge is 0.478 e. The lowest BCUT2D eigenvalue weighted by Crippen LogP contribution is -2.49. The van der Waals surface area contributed by atoms with Gasteiger partial charge in [-0.1, -0.05) is 48.5 Å². The van der Waals surface area contributed by atoms with Gasteiger partial charge in [-0.15, -0.1) is 0 Å². The number of esters is 1. The van der Waals surface area contributed by atoms with Crippen LogP contribution in [-0.4, -0.2) is 73.0 Å². The molecule has 0 radical (unpaired) electrons. The quantitative estimate of drug-likeness (QED) is 0.339. The number of amides is 1. The van der Waals surface area contributed by atoms with Crippen LogP contribution < -0.4 is 4.90 Å². The van der Waals surface area contributed by atoms with Crippen molar-refractivity contribution in [3.63, 3.8) is 0 Å². The fourth-order valence-electron chi connectivity index (χ4n) is 5.76. The molecule has 0 atom stereocenters. The van der Waals surface area contributed by atoms with Crippen molar-refractivity contribution >= 4 is 23.7 Å². The van der Waals surface area contributed by atoms with Crippen molar-refractivity contribution < 1.29 is 33.7 Å². The van der Waals surface area contributed by atoms with Crippen molar-refractivity contribution in [1.82, 2.24) is 4.90 Å². The van der Waals surface area contributed by atoms with E-state index < -0.39 is 17.5 Å². The highest BCUT2D eigenvalue weighted by Gasteiger charge is 2.30. The standard InChI is InChI=1S/C34H38N2O7/c1-22-23(19-41-21-31(37)43-34(2,3)4)17-24(18-29(22)32(38)39)35-13-15-36(16-14-35)33(40)42-20-30-27-11-7-5-9-25(27)26-10-6-8-12-28(26)30/h5-12,17-18,30H,13-16,19-21H2,1-4H3,(H,38,39). The Bertz CT molecular complexity index is 1470. The van der Waals surface area contributed by atoms with Crippen LogP contribution in [-0.2, 0) is 25.6 Å². The van der Waals surface area contributed by atoms with Crippen LogP contribution in [0.4, 0.5) is 10.5 Å². The minimum Gasteiger partial charge on any atom is -0.478 e. The fourth-order valence-corrected chi connectivity index (χ4v) is 5.76. The van der Waals surface area contributed by atoms with Gasteiger partial charge in [-0.05, 0) is 73.2 Å². The van der Waals surface area contributed by atoms with Gasteiger partial charge in [-0.3, -0.25) is 0 Å². The number of benzene rings is 3. The number of carboxylic acid groups (broad SMARTS) is 1. The number of nitrogens with zero attached hydrogens (tertiary/aromatic N) is 2. The zero-order valence-electron chi connectivity index (χ0n) is 25.1. The van der Waals surface area contributed by atoms with E-state index in [-0.39, 0.29) is 37.4 Å². The van der Waals surface area contributed by atoms with Crippen LogP contribution >= 0.6 is 0 Å². The van der Waals surface area contributed by atoms with Crippen LogP contribution in [0.2, 0.25) is 0 Å². The number of carboxylic acids is 1. The Morgan fingerprint density at radius 3 is 2.09 bits per heavy atom. The summed E-state index contributed by atoms with van der Waals surface area (Å²) in [6.07, 6.45) is -0.354. The van der Waals surface area contributed by atoms with Crippen LogP contribution in [0.5, 0.6) is 0 Å². The molecule has 0 bridgehead atoms. The Morgan fingerprint density at radius 2 is 1.51 bits per heavy atom. The molecule has 1 saturated heterocycles. The van der Waals surface area contributed by atoms with Gasteiger partial charge < -0.3 is 29.1 Å². The van der Waals surface area contributed by atoms with Crippen LogP contribution in [0.25, 0.3) is 11.1 Å². The van der Waals surface area contributed by atoms with Gasteiger partial charge in [0.2, 0.25) is 0 Å². The lowest BCUT2D eigenvalue weighted by atomic mass is 9.98. The molecular formula is C34H38N2O7. The van der Waals surface area contributed by atoms with Gasteiger partial charge in [-0.25, -0.2) is 14.4 Å². The molecule has 3 aromatic carbocycles. The van der Waals surface area contributed by atoms with Gasteiger partial charge in [0.15, 0.2) is 0 Å². The molecular weight excluding hydrogens is 548 g/mol. The molecule has 0 saturated carbocycles. The zero-order valence-corrected chi connectivity index (χ0v) is 25.1. The first-order chi connectivity index (χ1) is 20.5. The summed E-state index contributed by atoms with van der Waals surface area (Å²) in [4.78, 5) is 40.9. The van der Waals surface area contributed by atoms with Gasteiger partial charge in [0, 0.05) is 37.8 Å². The molecule has 9 nitrogen and oxygen atoms in total. The van der Waals surface area contributed by atoms with Gasteiger partial charge in [0.05, 0.1) is 12.2 Å². The van der Waals surface area contributed by atoms with E-state index >= 15 is 0 Å². The summed E-state index contributed by atoms with van der Waals surface area (Å²) in [7, 11) is 0. The number of hydrogen-bond donors (Lipinski definition) is 1. The molecule has 1 heterocycles. The summed E-state index contributed by atoms with van der Waals surface area (Å²) in [5.74, 6) is -1.52. The molecule has 1 aliphatic carbocycles. The van der Waals surface area contributed by atoms with Crippen molar-refractivity contribution in [3.8, 4) is 11.1 Å². The van der Waals surface area contributed by atoms with E-state index in [0.29, 0.717) is 37.3 Å². The molecule has 226 valence electrons. The molecule has 0 spiro atoms. The van der Waals surface area contributed by atoms with Crippen LogP contribution in [0.1, 0.15) is 59.3 Å². The smallest absolute Gasteiger partial charge is 0.409 e. The highest BCUT2D eigenvalue weighted by Crippen LogP contribution is 2.44. The normalized spacial score (nSPS) is 14.7. The third kappa shape index (κ3) is 6.83. The van der Waals surface area contributed by atoms with E-state index in [4.69, 9.17) is 14.2 Å². The maximum absolute atomic E-state index is 13.1. The number of piperazine rings is 1. The second-order valence-corrected chi connectivity index (χ2v) is 11.9. The van der Waals surface area contributed by atoms with Crippen LogP contribution in [0, 0.1) is 6.92 Å². The molecule has 1 N–H and O–H groups in total. The van der Waals surface area contributed by atoms with Crippen molar-refractivity contribution in [1.29, 1.82) is 0 Å². The molecule has 1 fully saturated rings.